The summed E-state index contributed by atoms with van der Waals surface area (Å²) in [6.07, 6.45) is -4.42. The number of ether oxygens (including phenoxy) is 6. The third kappa shape index (κ3) is 16.5. The summed E-state index contributed by atoms with van der Waals surface area (Å²) in [6, 6.07) is 41.0. The van der Waals surface area contributed by atoms with Crippen LogP contribution in [0.25, 0.3) is 0 Å². The number of furan rings is 1. The fourth-order valence-corrected chi connectivity index (χ4v) is 18.1. The lowest BCUT2D eigenvalue weighted by Crippen LogP contribution is -2.47. The van der Waals surface area contributed by atoms with Crippen molar-refractivity contribution < 1.29 is 86.8 Å². The molecule has 2 unspecified atom stereocenters. The fourth-order valence-electron chi connectivity index (χ4n) is 14.3. The van der Waals surface area contributed by atoms with Gasteiger partial charge in [-0.25, -0.2) is 31.1 Å². The molecule has 0 saturated carbocycles. The highest BCUT2D eigenvalue weighted by Gasteiger charge is 2.46. The number of nitrogens with zero attached hydrogens (tertiary/aromatic N) is 6. The third-order valence-electron chi connectivity index (χ3n) is 19.9. The standard InChI is InChI=1S/C39H44N4O9S2.C38H41F3N4O7S/c1-25(26-11-7-6-8-12-26)41-19-21-42(22-20-41)31-14-9-13-28-34(31)37(45)43(36(28)44)30(27-16-17-32(49-2)33(23-27)50-3)15-10-18-40-54(47,48)39-35(51-4)29(24-53-39)38(46)52-5;1-24-22-33(35(52-24)38(39,40)41)53(48,49)42-17-9-14-29(27-15-16-31(50-3)32(23-27)51-4)45-36(46)28-12-8-13-30(34(28)37(45)47)44-20-18-43(19-21-44)25(2)26-10-6-5-7-11-26/h6-9,11-14,16-17,23-25,30,40H,10,15,18-22H2,1-5H3;5-8,10-13,15-16,22-23,25,29,42H,9,14,17-21H2,1-4H3/t25-,30?;25-,29?/m11/s1. The van der Waals surface area contributed by atoms with E-state index in [0.717, 1.165) is 49.3 Å². The van der Waals surface area contributed by atoms with Gasteiger partial charge in [-0.15, -0.1) is 11.3 Å². The van der Waals surface area contributed by atoms with Crippen molar-refractivity contribution in [3.8, 4) is 28.7 Å². The van der Waals surface area contributed by atoms with Gasteiger partial charge in [0.05, 0.1) is 88.4 Å². The van der Waals surface area contributed by atoms with Gasteiger partial charge >= 0.3 is 12.1 Å². The SMILES string of the molecule is COC(=O)c1csc(S(=O)(=O)NCCCC(c2ccc(OC)c(OC)c2)N2C(=O)c3cccc(N4CCN([C@H](C)c5ccccc5)CC4)c3C2=O)c1OC.COc1ccc(C(CCCNS(=O)(=O)c2cc(C)oc2C(F)(F)F)N2C(=O)c3cccc(N4CCN([C@H](C)c5ccccc5)CC4)c3C2=O)cc1OC. The van der Waals surface area contributed by atoms with E-state index in [0.29, 0.717) is 82.7 Å². The number of piperazine rings is 2. The van der Waals surface area contributed by atoms with Crippen molar-refractivity contribution in [1.82, 2.24) is 29.0 Å². The van der Waals surface area contributed by atoms with Crippen molar-refractivity contribution in [3.05, 3.63) is 206 Å². The molecule has 0 aliphatic carbocycles. The first-order chi connectivity index (χ1) is 51.3. The van der Waals surface area contributed by atoms with E-state index in [1.165, 1.54) is 75.9 Å². The van der Waals surface area contributed by atoms with Gasteiger partial charge in [-0.1, -0.05) is 84.9 Å². The number of hydrogen-bond donors (Lipinski definition) is 2. The van der Waals surface area contributed by atoms with Crippen LogP contribution in [0.2, 0.25) is 0 Å². The number of anilines is 2. The van der Waals surface area contributed by atoms with E-state index in [1.54, 1.807) is 54.6 Å². The molecule has 30 heteroatoms. The van der Waals surface area contributed by atoms with E-state index in [4.69, 9.17) is 28.4 Å². The molecule has 6 aromatic carbocycles. The zero-order valence-corrected chi connectivity index (χ0v) is 63.1. The Balaban J connectivity index is 0.000000213. The Morgan fingerprint density at radius 1 is 0.523 bits per heavy atom. The number of alkyl halides is 3. The minimum atomic E-state index is -5.02. The number of sulfonamides is 2. The van der Waals surface area contributed by atoms with Crippen LogP contribution in [0.1, 0.15) is 149 Å². The second kappa shape index (κ2) is 33.5. The van der Waals surface area contributed by atoms with Crippen LogP contribution in [0.5, 0.6) is 28.7 Å². The second-order valence-electron chi connectivity index (χ2n) is 25.9. The smallest absolute Gasteiger partial charge is 0.450 e. The molecule has 2 aromatic heterocycles. The van der Waals surface area contributed by atoms with Crippen LogP contribution in [-0.2, 0) is 31.0 Å². The average Bonchev–Trinajstić information content (AvgIpc) is 1.60. The molecule has 4 aliphatic heterocycles. The van der Waals surface area contributed by atoms with E-state index >= 15 is 0 Å². The minimum absolute atomic E-state index is 0.00695. The third-order valence-corrected chi connectivity index (χ3v) is 24.3. The van der Waals surface area contributed by atoms with E-state index < -0.39 is 78.6 Å². The zero-order valence-electron chi connectivity index (χ0n) is 60.6. The quantitative estimate of drug-likeness (QED) is 0.0262. The molecule has 0 radical (unpaired) electrons. The van der Waals surface area contributed by atoms with E-state index in [-0.39, 0.29) is 77.7 Å². The highest BCUT2D eigenvalue weighted by atomic mass is 32.2. The molecule has 0 bridgehead atoms. The van der Waals surface area contributed by atoms with Crippen molar-refractivity contribution in [2.24, 2.45) is 0 Å². The molecule has 24 nitrogen and oxygen atoms in total. The maximum Gasteiger partial charge on any atom is 0.450 e. The summed E-state index contributed by atoms with van der Waals surface area (Å²) >= 11 is 0.841. The molecule has 4 atom stereocenters. The van der Waals surface area contributed by atoms with Gasteiger partial charge in [0.1, 0.15) is 16.2 Å². The van der Waals surface area contributed by atoms with Crippen molar-refractivity contribution in [3.63, 3.8) is 0 Å². The minimum Gasteiger partial charge on any atom is -0.494 e. The van der Waals surface area contributed by atoms with Gasteiger partial charge in [-0.3, -0.25) is 38.8 Å². The van der Waals surface area contributed by atoms with Crippen LogP contribution in [-0.4, -0.2) is 174 Å². The maximum atomic E-state index is 14.5. The Hall–Kier alpha value is -9.82. The molecular weight excluding hydrogens is 1450 g/mol. The van der Waals surface area contributed by atoms with Crippen molar-refractivity contribution in [2.45, 2.75) is 85.9 Å². The van der Waals surface area contributed by atoms with Crippen molar-refractivity contribution >= 4 is 72.4 Å². The predicted molar refractivity (Wildman–Crippen MR) is 395 cm³/mol. The number of rotatable bonds is 28. The number of halogens is 3. The number of amides is 4. The number of nitrogens with one attached hydrogen (secondary N) is 2. The lowest BCUT2D eigenvalue weighted by atomic mass is 9.99. The highest BCUT2D eigenvalue weighted by molar-refractivity contribution is 7.91. The number of fused-ring (bicyclic) bond motifs is 2. The number of carbonyl (C=O) groups is 5. The number of hydrogen-bond acceptors (Lipinski definition) is 21. The van der Waals surface area contributed by atoms with E-state index in [9.17, 15) is 54.0 Å². The molecule has 4 aliphatic rings. The van der Waals surface area contributed by atoms with Gasteiger partial charge in [0, 0.05) is 89.0 Å². The van der Waals surface area contributed by atoms with Crippen LogP contribution in [0, 0.1) is 6.92 Å². The largest absolute Gasteiger partial charge is 0.494 e. The number of aryl methyl sites for hydroxylation is 1. The molecule has 12 rings (SSSR count). The molecule has 0 spiro atoms. The van der Waals surface area contributed by atoms with Crippen LogP contribution in [0.3, 0.4) is 0 Å². The molecular formula is C77H85F3N8O16S3. The Morgan fingerprint density at radius 2 is 0.953 bits per heavy atom. The summed E-state index contributed by atoms with van der Waals surface area (Å²) in [4.78, 5) is 80.0. The van der Waals surface area contributed by atoms with Crippen molar-refractivity contribution in [2.75, 3.05) is 118 Å². The van der Waals surface area contributed by atoms with Crippen LogP contribution >= 0.6 is 11.3 Å². The Morgan fingerprint density at radius 3 is 1.36 bits per heavy atom. The molecule has 2 saturated heterocycles. The number of imide groups is 2. The molecule has 8 aromatic rings. The summed E-state index contributed by atoms with van der Waals surface area (Å²) in [5, 5.41) is 1.37. The Bertz CT molecular complexity index is 4800. The molecule has 4 amide bonds. The van der Waals surface area contributed by atoms with Crippen molar-refractivity contribution in [1.29, 1.82) is 0 Å². The average molecular weight is 1530 g/mol. The second-order valence-corrected chi connectivity index (χ2v) is 30.5. The number of thiophene rings is 1. The van der Waals surface area contributed by atoms with Gasteiger partial charge in [0.2, 0.25) is 15.8 Å². The van der Waals surface area contributed by atoms with Gasteiger partial charge in [-0.2, -0.15) is 13.2 Å². The van der Waals surface area contributed by atoms with Crippen LogP contribution in [0.4, 0.5) is 24.5 Å². The Kier molecular flexibility index (Phi) is 24.5. The first-order valence-electron chi connectivity index (χ1n) is 34.7. The summed E-state index contributed by atoms with van der Waals surface area (Å²) in [6.45, 7) is 11.0. The van der Waals surface area contributed by atoms with Gasteiger partial charge in [-0.05, 0) is 117 Å². The monoisotopic (exact) mass is 1530 g/mol. The van der Waals surface area contributed by atoms with Gasteiger partial charge < -0.3 is 42.6 Å². The zero-order chi connectivity index (χ0) is 76.6. The molecule has 6 heterocycles. The van der Waals surface area contributed by atoms with Crippen LogP contribution in [0.15, 0.2) is 158 Å². The first kappa shape index (κ1) is 78.3. The summed E-state index contributed by atoms with van der Waals surface area (Å²) < 4.78 is 134. The number of esters is 1. The number of carbonyl (C=O) groups excluding carboxylic acids is 5. The van der Waals surface area contributed by atoms with Gasteiger partial charge in [0.15, 0.2) is 33.0 Å². The molecule has 2 N–H and O–H groups in total. The number of benzene rings is 6. The molecule has 107 heavy (non-hydrogen) atoms. The van der Waals surface area contributed by atoms with E-state index in [2.05, 4.69) is 71.6 Å². The summed E-state index contributed by atoms with van der Waals surface area (Å²) in [5.74, 6) is -2.80. The summed E-state index contributed by atoms with van der Waals surface area (Å²) in [7, 11) is -0.285. The maximum absolute atomic E-state index is 14.5. The lowest BCUT2D eigenvalue weighted by Gasteiger charge is -2.39. The van der Waals surface area contributed by atoms with Gasteiger partial charge in [0.25, 0.3) is 33.7 Å². The topological polar surface area (TPSA) is 266 Å². The molecule has 2 fully saturated rings. The number of methoxy groups -OCH3 is 6. The van der Waals surface area contributed by atoms with E-state index in [1.807, 2.05) is 54.6 Å². The lowest BCUT2D eigenvalue weighted by molar-refractivity contribution is -0.155. The molecule has 568 valence electrons. The first-order valence-corrected chi connectivity index (χ1v) is 38.6. The fraction of sp³-hybridized carbons (Fsp3) is 0.364. The summed E-state index contributed by atoms with van der Waals surface area (Å²) in [5.41, 5.74) is 6.24. The normalized spacial score (nSPS) is 16.2. The predicted octanol–water partition coefficient (Wildman–Crippen LogP) is 12.1. The van der Waals surface area contributed by atoms with Crippen LogP contribution < -0.4 is 42.9 Å². The highest BCUT2D eigenvalue weighted by Crippen LogP contribution is 2.45. The Labute approximate surface area is 623 Å².